The van der Waals surface area contributed by atoms with E-state index in [-0.39, 0.29) is 17.4 Å². The van der Waals surface area contributed by atoms with Crippen molar-refractivity contribution in [3.8, 4) is 5.75 Å². The number of carbonyl (C=O) groups is 1. The zero-order valence-electron chi connectivity index (χ0n) is 15.1. The van der Waals surface area contributed by atoms with Gasteiger partial charge in [0.2, 0.25) is 5.91 Å². The third-order valence-electron chi connectivity index (χ3n) is 5.34. The van der Waals surface area contributed by atoms with Crippen molar-refractivity contribution >= 4 is 17.7 Å². The molecule has 0 aromatic heterocycles. The summed E-state index contributed by atoms with van der Waals surface area (Å²) in [6.45, 7) is 10.8. The number of rotatable bonds is 3. The molecule has 1 aromatic rings. The number of thioether (sulfide) groups is 1. The van der Waals surface area contributed by atoms with Crippen LogP contribution >= 0.6 is 11.8 Å². The number of benzene rings is 1. The third kappa shape index (κ3) is 3.29. The zero-order chi connectivity index (χ0) is 17.5. The molecule has 1 amide bonds. The van der Waals surface area contributed by atoms with Gasteiger partial charge in [-0.25, -0.2) is 0 Å². The van der Waals surface area contributed by atoms with Crippen molar-refractivity contribution in [2.24, 2.45) is 5.41 Å². The second-order valence-electron chi connectivity index (χ2n) is 7.81. The highest BCUT2D eigenvalue weighted by molar-refractivity contribution is 7.99. The average Bonchev–Trinajstić information content (AvgIpc) is 2.78. The molecule has 24 heavy (non-hydrogen) atoms. The number of nitrogens with zero attached hydrogens (tertiary/aromatic N) is 1. The molecule has 1 aliphatic heterocycles. The van der Waals surface area contributed by atoms with Crippen molar-refractivity contribution in [1.82, 2.24) is 10.2 Å². The number of hydrogen-bond acceptors (Lipinski definition) is 4. The number of carbonyl (C=O) groups excluding carboxylic acids is 1. The highest BCUT2D eigenvalue weighted by atomic mass is 32.2. The Morgan fingerprint density at radius 2 is 2.00 bits per heavy atom. The zero-order valence-corrected chi connectivity index (χ0v) is 15.9. The molecular weight excluding hydrogens is 320 g/mol. The molecule has 1 saturated heterocycles. The lowest BCUT2D eigenvalue weighted by Crippen LogP contribution is -2.44. The predicted octanol–water partition coefficient (Wildman–Crippen LogP) is 2.80. The van der Waals surface area contributed by atoms with Crippen LogP contribution in [-0.4, -0.2) is 47.1 Å². The number of fused-ring (bicyclic) bond motifs is 1. The number of phenolic OH excluding ortho intramolecular Hbond substituents is 1. The van der Waals surface area contributed by atoms with E-state index in [2.05, 4.69) is 31.0 Å². The summed E-state index contributed by atoms with van der Waals surface area (Å²) in [5.74, 6) is 2.61. The Kier molecular flexibility index (Phi) is 4.85. The molecule has 0 saturated carbocycles. The van der Waals surface area contributed by atoms with Crippen molar-refractivity contribution < 1.29 is 9.90 Å². The van der Waals surface area contributed by atoms with Gasteiger partial charge in [-0.05, 0) is 42.4 Å². The third-order valence-corrected chi connectivity index (χ3v) is 6.28. The highest BCUT2D eigenvalue weighted by Gasteiger charge is 2.42. The number of phenols is 1. The van der Waals surface area contributed by atoms with Crippen molar-refractivity contribution in [2.45, 2.75) is 40.2 Å². The number of aryl methyl sites for hydroxylation is 2. The summed E-state index contributed by atoms with van der Waals surface area (Å²) in [5, 5.41) is 13.8. The van der Waals surface area contributed by atoms with Gasteiger partial charge < -0.3 is 10.4 Å². The van der Waals surface area contributed by atoms with Crippen LogP contribution in [0.15, 0.2) is 6.07 Å². The first kappa shape index (κ1) is 17.6. The molecule has 0 radical (unpaired) electrons. The number of hydrogen-bond donors (Lipinski definition) is 2. The molecule has 0 bridgehead atoms. The minimum absolute atomic E-state index is 0.0615. The Balaban J connectivity index is 1.81. The van der Waals surface area contributed by atoms with Gasteiger partial charge in [0.1, 0.15) is 5.75 Å². The first-order valence-corrected chi connectivity index (χ1v) is 9.86. The SMILES string of the molecule is Cc1cc(C)c2c(c1O)C(NC(=O)CN1CCSCC1)C(C)(C)C2. The normalized spacial score (nSPS) is 23.1. The molecule has 2 N–H and O–H groups in total. The van der Waals surface area contributed by atoms with Gasteiger partial charge in [0.05, 0.1) is 12.6 Å². The lowest BCUT2D eigenvalue weighted by atomic mass is 9.85. The van der Waals surface area contributed by atoms with E-state index in [1.165, 1.54) is 11.1 Å². The summed E-state index contributed by atoms with van der Waals surface area (Å²) in [7, 11) is 0. The second-order valence-corrected chi connectivity index (χ2v) is 9.03. The Morgan fingerprint density at radius 1 is 1.33 bits per heavy atom. The van der Waals surface area contributed by atoms with Crippen LogP contribution in [0, 0.1) is 19.3 Å². The van der Waals surface area contributed by atoms with Gasteiger partial charge in [-0.2, -0.15) is 11.8 Å². The first-order valence-electron chi connectivity index (χ1n) is 8.71. The Hall–Kier alpha value is -1.20. The monoisotopic (exact) mass is 348 g/mol. The fourth-order valence-electron chi connectivity index (χ4n) is 3.98. The van der Waals surface area contributed by atoms with Gasteiger partial charge >= 0.3 is 0 Å². The van der Waals surface area contributed by atoms with Gasteiger partial charge in [-0.3, -0.25) is 9.69 Å². The molecule has 132 valence electrons. The second kappa shape index (κ2) is 6.60. The van der Waals surface area contributed by atoms with Crippen molar-refractivity contribution in [2.75, 3.05) is 31.1 Å². The lowest BCUT2D eigenvalue weighted by molar-refractivity contribution is -0.123. The van der Waals surface area contributed by atoms with Gasteiger partial charge in [0.15, 0.2) is 0 Å². The van der Waals surface area contributed by atoms with Crippen LogP contribution in [0.2, 0.25) is 0 Å². The molecule has 3 rings (SSSR count). The largest absolute Gasteiger partial charge is 0.507 e. The Labute approximate surface area is 149 Å². The van der Waals surface area contributed by atoms with E-state index in [4.69, 9.17) is 0 Å². The molecule has 1 heterocycles. The molecule has 2 aliphatic rings. The summed E-state index contributed by atoms with van der Waals surface area (Å²) >= 11 is 1.95. The van der Waals surface area contributed by atoms with Crippen LogP contribution in [0.3, 0.4) is 0 Å². The van der Waals surface area contributed by atoms with Gasteiger partial charge in [-0.15, -0.1) is 0 Å². The van der Waals surface area contributed by atoms with Gasteiger partial charge in [0, 0.05) is 30.2 Å². The molecule has 1 aromatic carbocycles. The molecule has 1 unspecified atom stereocenters. The van der Waals surface area contributed by atoms with Gasteiger partial charge in [-0.1, -0.05) is 19.9 Å². The summed E-state index contributed by atoms with van der Waals surface area (Å²) in [4.78, 5) is 14.8. The highest BCUT2D eigenvalue weighted by Crippen LogP contribution is 2.50. The molecular formula is C19H28N2O2S. The summed E-state index contributed by atoms with van der Waals surface area (Å²) in [5.41, 5.74) is 4.13. The van der Waals surface area contributed by atoms with Crippen LogP contribution in [0.1, 0.15) is 42.1 Å². The van der Waals surface area contributed by atoms with Crippen molar-refractivity contribution in [3.63, 3.8) is 0 Å². The van der Waals surface area contributed by atoms with E-state index in [1.54, 1.807) is 0 Å². The number of aromatic hydroxyl groups is 1. The molecule has 4 nitrogen and oxygen atoms in total. The van der Waals surface area contributed by atoms with E-state index in [9.17, 15) is 9.90 Å². The van der Waals surface area contributed by atoms with Crippen molar-refractivity contribution in [1.29, 1.82) is 0 Å². The fourth-order valence-corrected chi connectivity index (χ4v) is 4.96. The molecule has 5 heteroatoms. The van der Waals surface area contributed by atoms with E-state index >= 15 is 0 Å². The Bertz CT molecular complexity index is 651. The van der Waals surface area contributed by atoms with E-state index in [1.807, 2.05) is 24.8 Å². The lowest BCUT2D eigenvalue weighted by Gasteiger charge is -2.31. The minimum Gasteiger partial charge on any atom is -0.507 e. The summed E-state index contributed by atoms with van der Waals surface area (Å²) in [6.07, 6.45) is 0.882. The molecule has 1 aliphatic carbocycles. The quantitative estimate of drug-likeness (QED) is 0.882. The molecule has 0 spiro atoms. The first-order chi connectivity index (χ1) is 11.3. The van der Waals surface area contributed by atoms with E-state index < -0.39 is 0 Å². The Morgan fingerprint density at radius 3 is 2.67 bits per heavy atom. The standard InChI is InChI=1S/C19H28N2O2S/c1-12-9-13(2)17(23)16-14(12)10-19(3,4)18(16)20-15(22)11-21-5-7-24-8-6-21/h9,18,23H,5-8,10-11H2,1-4H3,(H,20,22). The maximum absolute atomic E-state index is 12.6. The van der Waals surface area contributed by atoms with Crippen LogP contribution < -0.4 is 5.32 Å². The molecule has 1 fully saturated rings. The molecule has 1 atom stereocenters. The van der Waals surface area contributed by atoms with Gasteiger partial charge in [0.25, 0.3) is 0 Å². The topological polar surface area (TPSA) is 52.6 Å². The maximum Gasteiger partial charge on any atom is 0.234 e. The fraction of sp³-hybridized carbons (Fsp3) is 0.632. The number of nitrogens with one attached hydrogen (secondary N) is 1. The number of amides is 1. The van der Waals surface area contributed by atoms with Crippen molar-refractivity contribution in [3.05, 3.63) is 28.3 Å². The van der Waals surface area contributed by atoms with Crippen LogP contribution in [0.4, 0.5) is 0 Å². The van der Waals surface area contributed by atoms with Crippen LogP contribution in [0.5, 0.6) is 5.75 Å². The van der Waals surface area contributed by atoms with Crippen LogP contribution in [0.25, 0.3) is 0 Å². The summed E-state index contributed by atoms with van der Waals surface area (Å²) < 4.78 is 0. The van der Waals surface area contributed by atoms with Crippen LogP contribution in [-0.2, 0) is 11.2 Å². The predicted molar refractivity (Wildman–Crippen MR) is 99.7 cm³/mol. The average molecular weight is 349 g/mol. The smallest absolute Gasteiger partial charge is 0.234 e. The van der Waals surface area contributed by atoms with E-state index in [0.717, 1.165) is 42.1 Å². The van der Waals surface area contributed by atoms with E-state index in [0.29, 0.717) is 12.3 Å². The maximum atomic E-state index is 12.6. The summed E-state index contributed by atoms with van der Waals surface area (Å²) in [6, 6.07) is 1.91. The minimum atomic E-state index is -0.127.